The highest BCUT2D eigenvalue weighted by Gasteiger charge is 2.23. The molecular weight excluding hydrogens is 711 g/mol. The second kappa shape index (κ2) is 16.0. The second-order valence-corrected chi connectivity index (χ2v) is 14.9. The molecule has 0 amide bonds. The van der Waals surface area contributed by atoms with Crippen molar-refractivity contribution in [3.05, 3.63) is 249 Å². The van der Waals surface area contributed by atoms with Crippen molar-refractivity contribution in [2.75, 3.05) is 4.90 Å². The van der Waals surface area contributed by atoms with Crippen LogP contribution in [-0.2, 0) is 0 Å². The van der Waals surface area contributed by atoms with Gasteiger partial charge in [-0.15, -0.1) is 0 Å². The first-order valence-electron chi connectivity index (χ1n) is 20.3. The molecule has 0 aliphatic rings. The summed E-state index contributed by atoms with van der Waals surface area (Å²) in [6.07, 6.45) is 0. The van der Waals surface area contributed by atoms with Crippen LogP contribution >= 0.6 is 0 Å². The molecule has 0 aliphatic heterocycles. The lowest BCUT2D eigenvalue weighted by Gasteiger charge is -2.30. The number of benzene rings is 10. The van der Waals surface area contributed by atoms with Crippen molar-refractivity contribution in [2.45, 2.75) is 0 Å². The number of hydrogen-bond donors (Lipinski definition) is 0. The molecule has 10 aromatic carbocycles. The molecule has 0 N–H and O–H groups in total. The molecule has 10 aromatic rings. The summed E-state index contributed by atoms with van der Waals surface area (Å²) in [6, 6.07) is 89.9. The number of fused-ring (bicyclic) bond motifs is 1. The summed E-state index contributed by atoms with van der Waals surface area (Å²) >= 11 is 0. The Morgan fingerprint density at radius 2 is 0.610 bits per heavy atom. The summed E-state index contributed by atoms with van der Waals surface area (Å²) in [5.74, 6) is 0. The predicted molar refractivity (Wildman–Crippen MR) is 251 cm³/mol. The van der Waals surface area contributed by atoms with Gasteiger partial charge in [-0.1, -0.05) is 212 Å². The predicted octanol–water partition coefficient (Wildman–Crippen LogP) is 16.3. The molecule has 0 saturated carbocycles. The molecule has 0 bridgehead atoms. The van der Waals surface area contributed by atoms with Gasteiger partial charge in [-0.05, 0) is 108 Å². The third-order valence-corrected chi connectivity index (χ3v) is 11.3. The zero-order valence-electron chi connectivity index (χ0n) is 32.6. The maximum Gasteiger partial charge on any atom is 0.0546 e. The fourth-order valence-corrected chi connectivity index (χ4v) is 8.33. The Balaban J connectivity index is 1.11. The average Bonchev–Trinajstić information content (AvgIpc) is 3.33. The van der Waals surface area contributed by atoms with Crippen molar-refractivity contribution < 1.29 is 0 Å². The lowest BCUT2D eigenvalue weighted by molar-refractivity contribution is 1.28. The van der Waals surface area contributed by atoms with Crippen LogP contribution in [0.25, 0.3) is 77.5 Å². The van der Waals surface area contributed by atoms with Crippen LogP contribution in [0.5, 0.6) is 0 Å². The van der Waals surface area contributed by atoms with E-state index in [-0.39, 0.29) is 0 Å². The van der Waals surface area contributed by atoms with E-state index in [2.05, 4.69) is 254 Å². The molecule has 0 unspecified atom stereocenters. The maximum atomic E-state index is 2.42. The van der Waals surface area contributed by atoms with Gasteiger partial charge in [-0.3, -0.25) is 0 Å². The third kappa shape index (κ3) is 7.23. The van der Waals surface area contributed by atoms with E-state index in [0.717, 1.165) is 17.1 Å². The molecule has 0 atom stereocenters. The van der Waals surface area contributed by atoms with Gasteiger partial charge in [-0.2, -0.15) is 0 Å². The Morgan fingerprint density at radius 3 is 1.19 bits per heavy atom. The molecule has 0 heterocycles. The van der Waals surface area contributed by atoms with E-state index in [1.165, 1.54) is 77.5 Å². The van der Waals surface area contributed by atoms with Gasteiger partial charge < -0.3 is 4.90 Å². The van der Waals surface area contributed by atoms with Gasteiger partial charge in [0.25, 0.3) is 0 Å². The molecule has 0 radical (unpaired) electrons. The van der Waals surface area contributed by atoms with Gasteiger partial charge in [0.05, 0.1) is 5.69 Å². The van der Waals surface area contributed by atoms with Crippen LogP contribution in [0.2, 0.25) is 0 Å². The molecule has 278 valence electrons. The van der Waals surface area contributed by atoms with E-state index in [1.807, 2.05) is 0 Å². The number of rotatable bonds is 9. The van der Waals surface area contributed by atoms with Gasteiger partial charge in [0.1, 0.15) is 0 Å². The smallest absolute Gasteiger partial charge is 0.0546 e. The van der Waals surface area contributed by atoms with Crippen LogP contribution < -0.4 is 4.90 Å². The molecule has 0 aliphatic carbocycles. The maximum absolute atomic E-state index is 2.42. The fraction of sp³-hybridized carbons (Fsp3) is 0. The Labute approximate surface area is 346 Å². The van der Waals surface area contributed by atoms with Crippen LogP contribution in [0.15, 0.2) is 249 Å². The molecule has 0 spiro atoms. The molecule has 10 rings (SSSR count). The summed E-state index contributed by atoms with van der Waals surface area (Å²) in [5, 5.41) is 2.51. The Bertz CT molecular complexity index is 2990. The highest BCUT2D eigenvalue weighted by atomic mass is 15.1. The Morgan fingerprint density at radius 1 is 0.220 bits per heavy atom. The van der Waals surface area contributed by atoms with Gasteiger partial charge in [0.15, 0.2) is 0 Å². The van der Waals surface area contributed by atoms with E-state index in [0.29, 0.717) is 0 Å². The summed E-state index contributed by atoms with van der Waals surface area (Å²) in [4.78, 5) is 2.42. The zero-order chi connectivity index (χ0) is 39.4. The van der Waals surface area contributed by atoms with E-state index < -0.39 is 0 Å². The quantitative estimate of drug-likeness (QED) is 0.142. The summed E-state index contributed by atoms with van der Waals surface area (Å²) < 4.78 is 0. The third-order valence-electron chi connectivity index (χ3n) is 11.3. The molecule has 0 aromatic heterocycles. The van der Waals surface area contributed by atoms with Crippen LogP contribution in [0.4, 0.5) is 17.1 Å². The number of hydrogen-bond acceptors (Lipinski definition) is 1. The SMILES string of the molecule is c1ccc(-c2ccc(N(c3ccc(-c4ccc(-c5ccc6ccccc6c5)cc4)cc3)c3cccc(-c4ccccc4)c3-c3ccccc3-c3ccccc3)cc2)cc1. The van der Waals surface area contributed by atoms with Crippen molar-refractivity contribution >= 4 is 27.8 Å². The first kappa shape index (κ1) is 35.7. The van der Waals surface area contributed by atoms with E-state index in [1.54, 1.807) is 0 Å². The minimum Gasteiger partial charge on any atom is -0.310 e. The molecule has 1 heteroatoms. The minimum absolute atomic E-state index is 1.08. The van der Waals surface area contributed by atoms with Gasteiger partial charge in [0.2, 0.25) is 0 Å². The summed E-state index contributed by atoms with van der Waals surface area (Å²) in [5.41, 5.74) is 17.5. The minimum atomic E-state index is 1.08. The van der Waals surface area contributed by atoms with Gasteiger partial charge in [-0.25, -0.2) is 0 Å². The normalized spacial score (nSPS) is 11.1. The van der Waals surface area contributed by atoms with Crippen LogP contribution in [-0.4, -0.2) is 0 Å². The van der Waals surface area contributed by atoms with Gasteiger partial charge in [0, 0.05) is 16.9 Å². The van der Waals surface area contributed by atoms with E-state index in [9.17, 15) is 0 Å². The average molecular weight is 752 g/mol. The van der Waals surface area contributed by atoms with Crippen LogP contribution in [0, 0.1) is 0 Å². The topological polar surface area (TPSA) is 3.24 Å². The highest BCUT2D eigenvalue weighted by Crippen LogP contribution is 2.48. The van der Waals surface area contributed by atoms with Crippen molar-refractivity contribution in [1.82, 2.24) is 0 Å². The first-order valence-corrected chi connectivity index (χ1v) is 20.3. The molecule has 0 fully saturated rings. The van der Waals surface area contributed by atoms with Gasteiger partial charge >= 0.3 is 0 Å². The van der Waals surface area contributed by atoms with Crippen molar-refractivity contribution in [3.63, 3.8) is 0 Å². The Kier molecular flexibility index (Phi) is 9.68. The van der Waals surface area contributed by atoms with E-state index >= 15 is 0 Å². The van der Waals surface area contributed by atoms with E-state index in [4.69, 9.17) is 0 Å². The number of anilines is 3. The van der Waals surface area contributed by atoms with Crippen molar-refractivity contribution in [2.24, 2.45) is 0 Å². The van der Waals surface area contributed by atoms with Crippen molar-refractivity contribution in [1.29, 1.82) is 0 Å². The van der Waals surface area contributed by atoms with Crippen LogP contribution in [0.1, 0.15) is 0 Å². The monoisotopic (exact) mass is 751 g/mol. The highest BCUT2D eigenvalue weighted by molar-refractivity contribution is 6.01. The standard InChI is InChI=1S/C58H41N/c1-4-15-42(16-5-1)45-33-37-52(38-34-45)59(53-39-35-46(36-40-53)44-27-29-47(30-28-44)51-32-31-43-17-10-11-22-50(43)41-51)57-26-14-25-55(49-20-8-3-9-21-49)58(57)56-24-13-12-23-54(56)48-18-6-2-7-19-48/h1-41H. The summed E-state index contributed by atoms with van der Waals surface area (Å²) in [6.45, 7) is 0. The second-order valence-electron chi connectivity index (χ2n) is 14.9. The lowest BCUT2D eigenvalue weighted by atomic mass is 9.87. The largest absolute Gasteiger partial charge is 0.310 e. The van der Waals surface area contributed by atoms with Crippen LogP contribution in [0.3, 0.4) is 0 Å². The summed E-state index contributed by atoms with van der Waals surface area (Å²) in [7, 11) is 0. The first-order chi connectivity index (χ1) is 29.3. The molecule has 59 heavy (non-hydrogen) atoms. The zero-order valence-corrected chi connectivity index (χ0v) is 32.6. The molecular formula is C58H41N. The number of nitrogens with zero attached hydrogens (tertiary/aromatic N) is 1. The molecule has 1 nitrogen and oxygen atoms in total. The Hall–Kier alpha value is -7.74. The fourth-order valence-electron chi connectivity index (χ4n) is 8.33. The van der Waals surface area contributed by atoms with Crippen molar-refractivity contribution in [3.8, 4) is 66.8 Å². The lowest BCUT2D eigenvalue weighted by Crippen LogP contribution is -2.12. The molecule has 0 saturated heterocycles.